The molecule has 9 heteroatoms. The number of aryl methyl sites for hydroxylation is 1. The Morgan fingerprint density at radius 2 is 1.94 bits per heavy atom. The molecule has 0 radical (unpaired) electrons. The highest BCUT2D eigenvalue weighted by Crippen LogP contribution is 2.34. The van der Waals surface area contributed by atoms with Crippen LogP contribution in [0.25, 0.3) is 10.9 Å². The zero-order valence-electron chi connectivity index (χ0n) is 18.3. The second-order valence-electron chi connectivity index (χ2n) is 8.65. The van der Waals surface area contributed by atoms with Gasteiger partial charge in [0.15, 0.2) is 0 Å². The first-order chi connectivity index (χ1) is 16.0. The van der Waals surface area contributed by atoms with Gasteiger partial charge in [-0.2, -0.15) is 5.10 Å². The minimum Gasteiger partial charge on any atom is -0.342 e. The maximum absolute atomic E-state index is 13.2. The molecule has 2 fully saturated rings. The maximum atomic E-state index is 13.2. The number of H-pyrrole nitrogens is 1. The fourth-order valence-corrected chi connectivity index (χ4v) is 4.80. The van der Waals surface area contributed by atoms with Crippen molar-refractivity contribution < 1.29 is 4.79 Å². The van der Waals surface area contributed by atoms with Crippen LogP contribution in [0.4, 0.5) is 11.6 Å². The number of aromatic nitrogens is 2. The molecule has 2 atom stereocenters. The highest BCUT2D eigenvalue weighted by molar-refractivity contribution is 6.14. The number of nitrogens with zero attached hydrogens (tertiary/aromatic N) is 4. The molecule has 168 valence electrons. The summed E-state index contributed by atoms with van der Waals surface area (Å²) in [6.07, 6.45) is 2.39. The second-order valence-corrected chi connectivity index (χ2v) is 8.65. The Bertz CT molecular complexity index is 1300. The van der Waals surface area contributed by atoms with Crippen LogP contribution >= 0.6 is 0 Å². The van der Waals surface area contributed by atoms with Crippen LogP contribution in [0.15, 0.2) is 52.4 Å². The summed E-state index contributed by atoms with van der Waals surface area (Å²) in [6.45, 7) is 4.78. The molecule has 2 saturated heterocycles. The summed E-state index contributed by atoms with van der Waals surface area (Å²) in [6, 6.07) is 13.0. The molecule has 0 aliphatic carbocycles. The molecule has 0 spiro atoms. The predicted molar refractivity (Wildman–Crippen MR) is 130 cm³/mol. The number of carbonyl (C=O) groups is 1. The zero-order valence-corrected chi connectivity index (χ0v) is 18.3. The standard InChI is InChI=1S/C24H25N7O2/c1-15-6-7-20-19(10-15)22(32)28-24(27-20)31-13-16-11-30(12-17(16)14-31)23(33)18-4-2-3-5-21(18)29-26-9-8-25/h2-10,16-17,25,29H,11-14H2,1H3,(H,27,28,32)/b25-8?,26-9-. The van der Waals surface area contributed by atoms with Crippen LogP contribution in [-0.4, -0.2) is 59.4 Å². The van der Waals surface area contributed by atoms with Crippen molar-refractivity contribution in [1.29, 1.82) is 5.41 Å². The smallest absolute Gasteiger partial charge is 0.260 e. The van der Waals surface area contributed by atoms with Crippen molar-refractivity contribution in [2.24, 2.45) is 16.9 Å². The lowest BCUT2D eigenvalue weighted by Gasteiger charge is -2.23. The van der Waals surface area contributed by atoms with Crippen molar-refractivity contribution in [3.63, 3.8) is 0 Å². The number of benzene rings is 2. The Morgan fingerprint density at radius 1 is 1.18 bits per heavy atom. The molecule has 0 bridgehead atoms. The van der Waals surface area contributed by atoms with Gasteiger partial charge in [0.25, 0.3) is 11.5 Å². The third-order valence-corrected chi connectivity index (χ3v) is 6.41. The number of fused-ring (bicyclic) bond motifs is 2. The van der Waals surface area contributed by atoms with E-state index >= 15 is 0 Å². The number of rotatable bonds is 5. The number of para-hydroxylation sites is 1. The van der Waals surface area contributed by atoms with Crippen LogP contribution in [0.1, 0.15) is 15.9 Å². The van der Waals surface area contributed by atoms with E-state index < -0.39 is 0 Å². The van der Waals surface area contributed by atoms with Gasteiger partial charge in [-0.05, 0) is 31.2 Å². The molecule has 2 aliphatic rings. The monoisotopic (exact) mass is 443 g/mol. The summed E-state index contributed by atoms with van der Waals surface area (Å²) in [7, 11) is 0. The lowest BCUT2D eigenvalue weighted by atomic mass is 10.0. The molecule has 3 heterocycles. The molecule has 1 aromatic heterocycles. The summed E-state index contributed by atoms with van der Waals surface area (Å²) < 4.78 is 0. The molecule has 3 N–H and O–H groups in total. The quantitative estimate of drug-likeness (QED) is 0.414. The summed E-state index contributed by atoms with van der Waals surface area (Å²) in [5.41, 5.74) is 5.62. The van der Waals surface area contributed by atoms with Gasteiger partial charge in [-0.15, -0.1) is 0 Å². The highest BCUT2D eigenvalue weighted by Gasteiger charge is 2.42. The van der Waals surface area contributed by atoms with E-state index in [1.807, 2.05) is 42.2 Å². The van der Waals surface area contributed by atoms with E-state index in [2.05, 4.69) is 25.4 Å². The Labute approximate surface area is 190 Å². The summed E-state index contributed by atoms with van der Waals surface area (Å²) >= 11 is 0. The third kappa shape index (κ3) is 3.97. The molecule has 0 saturated carbocycles. The van der Waals surface area contributed by atoms with E-state index in [0.29, 0.717) is 53.0 Å². The summed E-state index contributed by atoms with van der Waals surface area (Å²) in [5, 5.41) is 11.6. The predicted octanol–water partition coefficient (Wildman–Crippen LogP) is 2.49. The number of carbonyl (C=O) groups excluding carboxylic acids is 1. The van der Waals surface area contributed by atoms with Gasteiger partial charge in [-0.3, -0.25) is 20.0 Å². The summed E-state index contributed by atoms with van der Waals surface area (Å²) in [4.78, 5) is 37.4. The molecule has 5 rings (SSSR count). The third-order valence-electron chi connectivity index (χ3n) is 6.41. The van der Waals surface area contributed by atoms with Gasteiger partial charge in [0.2, 0.25) is 5.95 Å². The van der Waals surface area contributed by atoms with Gasteiger partial charge in [-0.1, -0.05) is 23.8 Å². The number of hydrazone groups is 1. The lowest BCUT2D eigenvalue weighted by molar-refractivity contribution is 0.0783. The molecular weight excluding hydrogens is 418 g/mol. The minimum absolute atomic E-state index is 0.0308. The van der Waals surface area contributed by atoms with Crippen LogP contribution in [0.5, 0.6) is 0 Å². The Morgan fingerprint density at radius 3 is 2.70 bits per heavy atom. The van der Waals surface area contributed by atoms with E-state index in [9.17, 15) is 9.59 Å². The number of amides is 1. The van der Waals surface area contributed by atoms with Gasteiger partial charge in [0.1, 0.15) is 0 Å². The van der Waals surface area contributed by atoms with Crippen LogP contribution in [-0.2, 0) is 0 Å². The number of nitrogens with one attached hydrogen (secondary N) is 3. The molecule has 3 aromatic rings. The Hall–Kier alpha value is -4.01. The van der Waals surface area contributed by atoms with E-state index in [1.165, 1.54) is 6.21 Å². The Balaban J connectivity index is 1.30. The van der Waals surface area contributed by atoms with Crippen molar-refractivity contribution in [2.45, 2.75) is 6.92 Å². The minimum atomic E-state index is -0.123. The molecule has 1 amide bonds. The number of hydrogen-bond acceptors (Lipinski definition) is 7. The largest absolute Gasteiger partial charge is 0.342 e. The number of hydrogen-bond donors (Lipinski definition) is 3. The molecule has 2 unspecified atom stereocenters. The maximum Gasteiger partial charge on any atom is 0.260 e. The lowest BCUT2D eigenvalue weighted by Crippen LogP contribution is -2.34. The van der Waals surface area contributed by atoms with Crippen molar-refractivity contribution in [3.05, 3.63) is 63.9 Å². The Kier molecular flexibility index (Phi) is 5.37. The van der Waals surface area contributed by atoms with Gasteiger partial charge in [-0.25, -0.2) is 4.98 Å². The van der Waals surface area contributed by atoms with Crippen molar-refractivity contribution in [2.75, 3.05) is 36.5 Å². The SMILES string of the molecule is Cc1ccc2nc(N3CC4CN(C(=O)c5ccccc5N/N=C\C=N)CC4C3)[nH]c(=O)c2c1. The molecule has 2 aliphatic heterocycles. The van der Waals surface area contributed by atoms with Gasteiger partial charge < -0.3 is 15.2 Å². The fourth-order valence-electron chi connectivity index (χ4n) is 4.80. The molecule has 33 heavy (non-hydrogen) atoms. The van der Waals surface area contributed by atoms with Crippen molar-refractivity contribution in [1.82, 2.24) is 14.9 Å². The average molecular weight is 444 g/mol. The van der Waals surface area contributed by atoms with E-state index in [1.54, 1.807) is 12.1 Å². The van der Waals surface area contributed by atoms with Crippen molar-refractivity contribution in [3.8, 4) is 0 Å². The van der Waals surface area contributed by atoms with E-state index in [-0.39, 0.29) is 11.5 Å². The van der Waals surface area contributed by atoms with Crippen LogP contribution in [0.3, 0.4) is 0 Å². The normalized spacial score (nSPS) is 19.9. The first-order valence-electron chi connectivity index (χ1n) is 11.0. The second kappa shape index (κ2) is 8.50. The number of likely N-dealkylation sites (tertiary alicyclic amines) is 1. The first kappa shape index (κ1) is 20.9. The number of aromatic amines is 1. The summed E-state index contributed by atoms with van der Waals surface area (Å²) in [5.74, 6) is 1.21. The van der Waals surface area contributed by atoms with Crippen LogP contribution in [0.2, 0.25) is 0 Å². The van der Waals surface area contributed by atoms with Gasteiger partial charge >= 0.3 is 0 Å². The first-order valence-corrected chi connectivity index (χ1v) is 11.0. The van der Waals surface area contributed by atoms with Gasteiger partial charge in [0.05, 0.1) is 28.4 Å². The van der Waals surface area contributed by atoms with Crippen LogP contribution < -0.4 is 15.9 Å². The molecule has 9 nitrogen and oxygen atoms in total. The highest BCUT2D eigenvalue weighted by atomic mass is 16.2. The molecular formula is C24H25N7O2. The molecule has 2 aromatic carbocycles. The van der Waals surface area contributed by atoms with Gasteiger partial charge in [0, 0.05) is 44.2 Å². The number of anilines is 2. The van der Waals surface area contributed by atoms with E-state index in [0.717, 1.165) is 24.9 Å². The van der Waals surface area contributed by atoms with Crippen molar-refractivity contribution >= 4 is 40.9 Å². The van der Waals surface area contributed by atoms with E-state index in [4.69, 9.17) is 5.41 Å². The fraction of sp³-hybridized carbons (Fsp3) is 0.292. The zero-order chi connectivity index (χ0) is 22.9. The average Bonchev–Trinajstić information content (AvgIpc) is 3.39. The van der Waals surface area contributed by atoms with Crippen LogP contribution in [0, 0.1) is 24.2 Å². The topological polar surface area (TPSA) is 118 Å².